The van der Waals surface area contributed by atoms with Crippen LogP contribution in [0, 0.1) is 0 Å². The molecule has 0 aromatic heterocycles. The average Bonchev–Trinajstić information content (AvgIpc) is 3.03. The van der Waals surface area contributed by atoms with Crippen LogP contribution in [0.5, 0.6) is 0 Å². The Labute approximate surface area is 274 Å². The molecule has 0 aromatic rings. The topological polar surface area (TPSA) is 78.6 Å². The molecule has 0 rings (SSSR count). The molecular formula is C39H77NO4. The Hall–Kier alpha value is -1.10. The lowest BCUT2D eigenvalue weighted by Crippen LogP contribution is -2.35. The second-order valence-corrected chi connectivity index (χ2v) is 13.5. The maximum atomic E-state index is 12.6. The van der Waals surface area contributed by atoms with Gasteiger partial charge in [0.05, 0.1) is 0 Å². The minimum Gasteiger partial charge on any atom is -0.462 e. The molecule has 0 bridgehead atoms. The summed E-state index contributed by atoms with van der Waals surface area (Å²) >= 11 is 0. The van der Waals surface area contributed by atoms with Gasteiger partial charge in [0.2, 0.25) is 0 Å². The third-order valence-electron chi connectivity index (χ3n) is 9.21. The fourth-order valence-corrected chi connectivity index (χ4v) is 6.01. The third kappa shape index (κ3) is 28.4. The van der Waals surface area contributed by atoms with Crippen LogP contribution in [0.1, 0.15) is 220 Å². The fourth-order valence-electron chi connectivity index (χ4n) is 6.01. The molecule has 0 radical (unpaired) electrons. The highest BCUT2D eigenvalue weighted by Crippen LogP contribution is 2.17. The van der Waals surface area contributed by atoms with Crippen LogP contribution in [0.4, 0.5) is 0 Å². The van der Waals surface area contributed by atoms with Crippen LogP contribution in [-0.2, 0) is 19.1 Å². The molecule has 262 valence electrons. The minimum absolute atomic E-state index is 0.0335. The number of hydrogen-bond acceptors (Lipinski definition) is 5. The summed E-state index contributed by atoms with van der Waals surface area (Å²) in [7, 11) is 0. The van der Waals surface area contributed by atoms with Gasteiger partial charge in [-0.05, 0) is 44.9 Å². The molecule has 0 aliphatic carbocycles. The maximum Gasteiger partial charge on any atom is 0.323 e. The second-order valence-electron chi connectivity index (χ2n) is 13.5. The standard InChI is InChI=1S/C39H77NO4/c1-5-9-11-13-15-17-19-21-23-25-27-29-31-35(7-3)43-38(41)34-33-37(40)39(42)44-36(8-4)32-30-28-26-24-22-20-18-16-14-12-10-6-2/h35-37H,5-34,40H2,1-4H3/t35?,36?,37-/m0/s1. The van der Waals surface area contributed by atoms with Crippen LogP contribution in [0.15, 0.2) is 0 Å². The Balaban J connectivity index is 3.87. The van der Waals surface area contributed by atoms with E-state index < -0.39 is 6.04 Å². The minimum atomic E-state index is -0.769. The van der Waals surface area contributed by atoms with Gasteiger partial charge < -0.3 is 15.2 Å². The number of nitrogens with two attached hydrogens (primary N) is 1. The van der Waals surface area contributed by atoms with Crippen molar-refractivity contribution in [2.75, 3.05) is 0 Å². The van der Waals surface area contributed by atoms with Crippen LogP contribution in [-0.4, -0.2) is 30.2 Å². The van der Waals surface area contributed by atoms with Crippen molar-refractivity contribution < 1.29 is 19.1 Å². The number of carbonyl (C=O) groups is 2. The predicted octanol–water partition coefficient (Wildman–Crippen LogP) is 11.9. The second kappa shape index (κ2) is 33.3. The van der Waals surface area contributed by atoms with Crippen molar-refractivity contribution in [3.8, 4) is 0 Å². The molecule has 0 aliphatic rings. The third-order valence-corrected chi connectivity index (χ3v) is 9.21. The largest absolute Gasteiger partial charge is 0.462 e. The number of ether oxygens (including phenoxy) is 2. The first-order valence-electron chi connectivity index (χ1n) is 19.6. The van der Waals surface area contributed by atoms with E-state index in [9.17, 15) is 9.59 Å². The van der Waals surface area contributed by atoms with E-state index in [-0.39, 0.29) is 37.0 Å². The van der Waals surface area contributed by atoms with Crippen LogP contribution >= 0.6 is 0 Å². The Bertz CT molecular complexity index is 625. The normalized spacial score (nSPS) is 13.5. The van der Waals surface area contributed by atoms with Gasteiger partial charge in [0.15, 0.2) is 0 Å². The zero-order valence-electron chi connectivity index (χ0n) is 30.2. The quantitative estimate of drug-likeness (QED) is 0.0570. The smallest absolute Gasteiger partial charge is 0.323 e. The van der Waals surface area contributed by atoms with E-state index >= 15 is 0 Å². The lowest BCUT2D eigenvalue weighted by atomic mass is 10.0. The molecule has 2 N–H and O–H groups in total. The first-order valence-corrected chi connectivity index (χ1v) is 19.6. The summed E-state index contributed by atoms with van der Waals surface area (Å²) in [4.78, 5) is 25.0. The zero-order chi connectivity index (χ0) is 32.5. The van der Waals surface area contributed by atoms with Crippen LogP contribution in [0.25, 0.3) is 0 Å². The van der Waals surface area contributed by atoms with Crippen LogP contribution in [0.2, 0.25) is 0 Å². The van der Waals surface area contributed by atoms with Gasteiger partial charge in [0.25, 0.3) is 0 Å². The summed E-state index contributed by atoms with van der Waals surface area (Å²) in [5.74, 6) is -0.630. The highest BCUT2D eigenvalue weighted by molar-refractivity contribution is 5.77. The van der Waals surface area contributed by atoms with Crippen molar-refractivity contribution in [3.05, 3.63) is 0 Å². The van der Waals surface area contributed by atoms with E-state index in [1.807, 2.05) is 0 Å². The molecule has 0 aromatic carbocycles. The highest BCUT2D eigenvalue weighted by atomic mass is 16.5. The molecule has 3 atom stereocenters. The SMILES string of the molecule is CCCCCCCCCCCCCCC(CC)OC(=O)CC[C@H](N)C(=O)OC(CC)CCCCCCCCCCCCCC. The fraction of sp³-hybridized carbons (Fsp3) is 0.949. The monoisotopic (exact) mass is 624 g/mol. The van der Waals surface area contributed by atoms with E-state index in [0.29, 0.717) is 0 Å². The molecule has 5 nitrogen and oxygen atoms in total. The van der Waals surface area contributed by atoms with Crippen molar-refractivity contribution >= 4 is 11.9 Å². The molecule has 0 fully saturated rings. The average molecular weight is 624 g/mol. The Morgan fingerprint density at radius 3 is 1.11 bits per heavy atom. The van der Waals surface area contributed by atoms with Gasteiger partial charge in [-0.1, -0.05) is 169 Å². The molecule has 0 amide bonds. The van der Waals surface area contributed by atoms with Gasteiger partial charge >= 0.3 is 11.9 Å². The van der Waals surface area contributed by atoms with Gasteiger partial charge in [0.1, 0.15) is 18.2 Å². The molecule has 2 unspecified atom stereocenters. The molecule has 5 heteroatoms. The van der Waals surface area contributed by atoms with Gasteiger partial charge in [-0.3, -0.25) is 9.59 Å². The van der Waals surface area contributed by atoms with E-state index in [0.717, 1.165) is 38.5 Å². The summed E-state index contributed by atoms with van der Waals surface area (Å²) < 4.78 is 11.4. The zero-order valence-corrected chi connectivity index (χ0v) is 30.2. The summed E-state index contributed by atoms with van der Waals surface area (Å²) in [6.07, 6.45) is 35.5. The molecular weight excluding hydrogens is 546 g/mol. The van der Waals surface area contributed by atoms with E-state index in [4.69, 9.17) is 15.2 Å². The first-order chi connectivity index (χ1) is 21.5. The first kappa shape index (κ1) is 42.9. The Morgan fingerprint density at radius 2 is 0.773 bits per heavy atom. The summed E-state index contributed by atoms with van der Waals surface area (Å²) in [6.45, 7) is 8.67. The maximum absolute atomic E-state index is 12.6. The number of esters is 2. The van der Waals surface area contributed by atoms with Crippen molar-refractivity contribution in [1.82, 2.24) is 0 Å². The van der Waals surface area contributed by atoms with Gasteiger partial charge in [0, 0.05) is 6.42 Å². The highest BCUT2D eigenvalue weighted by Gasteiger charge is 2.21. The number of carbonyl (C=O) groups excluding carboxylic acids is 2. The van der Waals surface area contributed by atoms with Gasteiger partial charge in [-0.2, -0.15) is 0 Å². The van der Waals surface area contributed by atoms with Crippen molar-refractivity contribution in [2.45, 2.75) is 239 Å². The summed E-state index contributed by atoms with van der Waals surface area (Å²) in [6, 6.07) is -0.769. The number of hydrogen-bond donors (Lipinski definition) is 1. The number of unbranched alkanes of at least 4 members (excludes halogenated alkanes) is 22. The van der Waals surface area contributed by atoms with Crippen molar-refractivity contribution in [1.29, 1.82) is 0 Å². The number of rotatable bonds is 34. The molecule has 0 saturated carbocycles. The molecule has 0 spiro atoms. The summed E-state index contributed by atoms with van der Waals surface area (Å²) in [5, 5.41) is 0. The van der Waals surface area contributed by atoms with Crippen LogP contribution < -0.4 is 5.73 Å². The molecule has 0 aliphatic heterocycles. The van der Waals surface area contributed by atoms with Crippen molar-refractivity contribution in [2.24, 2.45) is 5.73 Å². The van der Waals surface area contributed by atoms with E-state index in [1.54, 1.807) is 0 Å². The van der Waals surface area contributed by atoms with E-state index in [2.05, 4.69) is 27.7 Å². The van der Waals surface area contributed by atoms with Crippen LogP contribution in [0.3, 0.4) is 0 Å². The van der Waals surface area contributed by atoms with Gasteiger partial charge in [-0.15, -0.1) is 0 Å². The molecule has 0 heterocycles. The van der Waals surface area contributed by atoms with E-state index in [1.165, 1.54) is 141 Å². The Morgan fingerprint density at radius 1 is 0.455 bits per heavy atom. The molecule has 44 heavy (non-hydrogen) atoms. The lowest BCUT2D eigenvalue weighted by Gasteiger charge is -2.20. The predicted molar refractivity (Wildman–Crippen MR) is 189 cm³/mol. The lowest BCUT2D eigenvalue weighted by molar-refractivity contribution is -0.152. The van der Waals surface area contributed by atoms with Gasteiger partial charge in [-0.25, -0.2) is 0 Å². The molecule has 0 saturated heterocycles. The summed E-state index contributed by atoms with van der Waals surface area (Å²) in [5.41, 5.74) is 6.10. The Kier molecular flexibility index (Phi) is 32.4. The van der Waals surface area contributed by atoms with Crippen molar-refractivity contribution in [3.63, 3.8) is 0 Å².